The summed E-state index contributed by atoms with van der Waals surface area (Å²) in [4.78, 5) is 2.44. The van der Waals surface area contributed by atoms with Crippen molar-refractivity contribution in [2.75, 3.05) is 4.90 Å². The summed E-state index contributed by atoms with van der Waals surface area (Å²) in [7, 11) is 0. The molecule has 0 bridgehead atoms. The Balaban J connectivity index is 1.29. The largest absolute Gasteiger partial charge is 0.456 e. The van der Waals surface area contributed by atoms with Crippen LogP contribution in [0.5, 0.6) is 0 Å². The van der Waals surface area contributed by atoms with Gasteiger partial charge < -0.3 is 9.32 Å². The van der Waals surface area contributed by atoms with E-state index in [9.17, 15) is 0 Å². The second kappa shape index (κ2) is 11.5. The lowest BCUT2D eigenvalue weighted by Crippen LogP contribution is -2.12. The van der Waals surface area contributed by atoms with Crippen LogP contribution in [0.1, 0.15) is 0 Å². The molecule has 1 heterocycles. The van der Waals surface area contributed by atoms with Crippen LogP contribution in [0.3, 0.4) is 0 Å². The van der Waals surface area contributed by atoms with E-state index in [0.717, 1.165) is 39.0 Å². The summed E-state index contributed by atoms with van der Waals surface area (Å²) in [5, 5.41) is 9.64. The molecule has 0 atom stereocenters. The first-order valence-corrected chi connectivity index (χ1v) is 17.1. The molecule has 0 radical (unpaired) electrons. The van der Waals surface area contributed by atoms with Crippen molar-refractivity contribution in [3.63, 3.8) is 0 Å². The predicted octanol–water partition coefficient (Wildman–Crippen LogP) is 13.8. The molecule has 234 valence electrons. The van der Waals surface area contributed by atoms with Gasteiger partial charge in [0, 0.05) is 27.6 Å². The number of benzene rings is 9. The quantitative estimate of drug-likeness (QED) is 0.175. The zero-order valence-electron chi connectivity index (χ0n) is 27.3. The molecule has 0 aliphatic heterocycles. The average molecular weight is 638 g/mol. The highest BCUT2D eigenvalue weighted by atomic mass is 16.3. The van der Waals surface area contributed by atoms with Gasteiger partial charge in [0.15, 0.2) is 0 Å². The summed E-state index contributed by atoms with van der Waals surface area (Å²) < 4.78 is 6.30. The highest BCUT2D eigenvalue weighted by Gasteiger charge is 2.23. The van der Waals surface area contributed by atoms with Crippen molar-refractivity contribution in [2.45, 2.75) is 0 Å². The van der Waals surface area contributed by atoms with Gasteiger partial charge in [-0.2, -0.15) is 0 Å². The Labute approximate surface area is 290 Å². The molecule has 2 nitrogen and oxygen atoms in total. The average Bonchev–Trinajstić information content (AvgIpc) is 3.56. The minimum atomic E-state index is 0.881. The van der Waals surface area contributed by atoms with E-state index in [0.29, 0.717) is 0 Å². The van der Waals surface area contributed by atoms with Crippen LogP contribution in [0.4, 0.5) is 17.1 Å². The molecule has 0 aliphatic carbocycles. The predicted molar refractivity (Wildman–Crippen MR) is 212 cm³/mol. The van der Waals surface area contributed by atoms with Crippen molar-refractivity contribution >= 4 is 71.3 Å². The standard InChI is InChI=1S/C48H31NO/c1-3-17-35-32(14-1)16-13-24-38(35)40-21-7-10-25-45(40)49(34-28-29-48-44(31-34)42-23-9-12-27-47(42)50-48)46-26-11-8-22-41(46)43-30-33-15-2-4-18-36(33)37-19-5-6-20-39(37)43/h1-31H. The Kier molecular flexibility index (Phi) is 6.53. The molecule has 0 unspecified atom stereocenters. The third kappa shape index (κ3) is 4.50. The summed E-state index contributed by atoms with van der Waals surface area (Å²) in [6.45, 7) is 0. The lowest BCUT2D eigenvalue weighted by molar-refractivity contribution is 0.669. The van der Waals surface area contributed by atoms with Gasteiger partial charge in [0.1, 0.15) is 11.2 Å². The van der Waals surface area contributed by atoms with Crippen LogP contribution in [0.15, 0.2) is 192 Å². The molecule has 1 aromatic heterocycles. The number of fused-ring (bicyclic) bond motifs is 7. The summed E-state index contributed by atoms with van der Waals surface area (Å²) in [5.74, 6) is 0. The first-order valence-electron chi connectivity index (χ1n) is 17.1. The molecule has 0 fully saturated rings. The number of para-hydroxylation sites is 3. The van der Waals surface area contributed by atoms with E-state index in [1.54, 1.807) is 0 Å². The van der Waals surface area contributed by atoms with E-state index < -0.39 is 0 Å². The highest BCUT2D eigenvalue weighted by Crippen LogP contribution is 2.48. The zero-order valence-corrected chi connectivity index (χ0v) is 27.3. The minimum Gasteiger partial charge on any atom is -0.456 e. The minimum absolute atomic E-state index is 0.881. The monoisotopic (exact) mass is 637 g/mol. The third-order valence-corrected chi connectivity index (χ3v) is 10.0. The van der Waals surface area contributed by atoms with E-state index in [1.165, 1.54) is 54.6 Å². The van der Waals surface area contributed by atoms with E-state index in [1.807, 2.05) is 12.1 Å². The molecule has 2 heteroatoms. The Bertz CT molecular complexity index is 2890. The van der Waals surface area contributed by atoms with E-state index in [-0.39, 0.29) is 0 Å². The molecule has 0 N–H and O–H groups in total. The normalized spacial score (nSPS) is 11.6. The van der Waals surface area contributed by atoms with E-state index in [4.69, 9.17) is 4.42 Å². The number of rotatable bonds is 5. The Morgan fingerprint density at radius 3 is 1.64 bits per heavy atom. The molecule has 10 rings (SSSR count). The van der Waals surface area contributed by atoms with Crippen LogP contribution in [-0.2, 0) is 0 Å². The maximum Gasteiger partial charge on any atom is 0.135 e. The van der Waals surface area contributed by atoms with Gasteiger partial charge in [-0.1, -0.05) is 146 Å². The summed E-state index contributed by atoms with van der Waals surface area (Å²) in [5.41, 5.74) is 9.79. The summed E-state index contributed by atoms with van der Waals surface area (Å²) in [6.07, 6.45) is 0. The lowest BCUT2D eigenvalue weighted by Gasteiger charge is -2.30. The van der Waals surface area contributed by atoms with Crippen molar-refractivity contribution < 1.29 is 4.42 Å². The molecule has 0 aliphatic rings. The van der Waals surface area contributed by atoms with E-state index in [2.05, 4.69) is 181 Å². The van der Waals surface area contributed by atoms with E-state index >= 15 is 0 Å². The Morgan fingerprint density at radius 1 is 0.300 bits per heavy atom. The first-order chi connectivity index (χ1) is 24.8. The number of nitrogens with zero attached hydrogens (tertiary/aromatic N) is 1. The number of anilines is 3. The SMILES string of the molecule is c1ccc(N(c2ccc3oc4ccccc4c3c2)c2ccccc2-c2cc3ccccc3c3ccccc23)c(-c2cccc3ccccc23)c1. The van der Waals surface area contributed by atoms with Crippen molar-refractivity contribution in [3.05, 3.63) is 188 Å². The molecule has 0 saturated heterocycles. The zero-order chi connectivity index (χ0) is 33.0. The topological polar surface area (TPSA) is 16.4 Å². The number of hydrogen-bond donors (Lipinski definition) is 0. The molecule has 0 saturated carbocycles. The number of hydrogen-bond acceptors (Lipinski definition) is 2. The second-order valence-electron chi connectivity index (χ2n) is 12.9. The molecule has 0 amide bonds. The molecular weight excluding hydrogens is 607 g/mol. The van der Waals surface area contributed by atoms with Crippen molar-refractivity contribution in [1.82, 2.24) is 0 Å². The van der Waals surface area contributed by atoms with Crippen LogP contribution in [-0.4, -0.2) is 0 Å². The molecule has 50 heavy (non-hydrogen) atoms. The fourth-order valence-corrected chi connectivity index (χ4v) is 7.79. The van der Waals surface area contributed by atoms with Gasteiger partial charge in [-0.15, -0.1) is 0 Å². The van der Waals surface area contributed by atoms with Gasteiger partial charge >= 0.3 is 0 Å². The maximum atomic E-state index is 6.30. The van der Waals surface area contributed by atoms with Gasteiger partial charge in [0.2, 0.25) is 0 Å². The Hall–Kier alpha value is -6.64. The highest BCUT2D eigenvalue weighted by molar-refractivity contribution is 6.15. The summed E-state index contributed by atoms with van der Waals surface area (Å²) in [6, 6.07) is 67.7. The van der Waals surface area contributed by atoms with Crippen molar-refractivity contribution in [3.8, 4) is 22.3 Å². The second-order valence-corrected chi connectivity index (χ2v) is 12.9. The molecule has 0 spiro atoms. The summed E-state index contributed by atoms with van der Waals surface area (Å²) >= 11 is 0. The van der Waals surface area contributed by atoms with Gasteiger partial charge in [-0.3, -0.25) is 0 Å². The van der Waals surface area contributed by atoms with Gasteiger partial charge in [-0.05, 0) is 85.9 Å². The van der Waals surface area contributed by atoms with Crippen LogP contribution in [0.2, 0.25) is 0 Å². The maximum absolute atomic E-state index is 6.30. The van der Waals surface area contributed by atoms with Crippen LogP contribution >= 0.6 is 0 Å². The van der Waals surface area contributed by atoms with Crippen LogP contribution < -0.4 is 4.90 Å². The van der Waals surface area contributed by atoms with Crippen molar-refractivity contribution in [2.24, 2.45) is 0 Å². The first kappa shape index (κ1) is 28.4. The van der Waals surface area contributed by atoms with Gasteiger partial charge in [0.05, 0.1) is 11.4 Å². The van der Waals surface area contributed by atoms with Gasteiger partial charge in [-0.25, -0.2) is 0 Å². The third-order valence-electron chi connectivity index (χ3n) is 10.0. The number of furan rings is 1. The molecule has 10 aromatic rings. The lowest BCUT2D eigenvalue weighted by atomic mass is 9.91. The fraction of sp³-hybridized carbons (Fsp3) is 0. The smallest absolute Gasteiger partial charge is 0.135 e. The van der Waals surface area contributed by atoms with Crippen molar-refractivity contribution in [1.29, 1.82) is 0 Å². The van der Waals surface area contributed by atoms with Gasteiger partial charge in [0.25, 0.3) is 0 Å². The van der Waals surface area contributed by atoms with Crippen LogP contribution in [0.25, 0.3) is 76.5 Å². The fourth-order valence-electron chi connectivity index (χ4n) is 7.79. The van der Waals surface area contributed by atoms with Crippen LogP contribution in [0, 0.1) is 0 Å². The Morgan fingerprint density at radius 2 is 0.840 bits per heavy atom. The molecule has 9 aromatic carbocycles. The molecular formula is C48H31NO.